The summed E-state index contributed by atoms with van der Waals surface area (Å²) in [6, 6.07) is 3.53. The fourth-order valence-electron chi connectivity index (χ4n) is 2.81. The van der Waals surface area contributed by atoms with Crippen LogP contribution in [0.3, 0.4) is 0 Å². The molecular weight excluding hydrogens is 358 g/mol. The van der Waals surface area contributed by atoms with Crippen LogP contribution in [0.5, 0.6) is 0 Å². The van der Waals surface area contributed by atoms with Crippen molar-refractivity contribution < 1.29 is 17.7 Å². The molecule has 26 heavy (non-hydrogen) atoms. The van der Waals surface area contributed by atoms with Crippen LogP contribution in [-0.4, -0.2) is 72.0 Å². The number of amides is 1. The summed E-state index contributed by atoms with van der Waals surface area (Å²) >= 11 is 0. The predicted octanol–water partition coefficient (Wildman–Crippen LogP) is -0.0908. The summed E-state index contributed by atoms with van der Waals surface area (Å²) in [6.45, 7) is 0.523. The summed E-state index contributed by atoms with van der Waals surface area (Å²) in [4.78, 5) is 22.1. The van der Waals surface area contributed by atoms with Crippen molar-refractivity contribution >= 4 is 15.7 Å². The Balaban J connectivity index is 1.42. The van der Waals surface area contributed by atoms with Crippen molar-refractivity contribution in [2.75, 3.05) is 31.6 Å². The molecule has 1 amide bonds. The molecule has 9 nitrogen and oxygen atoms in total. The minimum absolute atomic E-state index is 0.0938. The van der Waals surface area contributed by atoms with E-state index in [4.69, 9.17) is 4.52 Å². The maximum Gasteiger partial charge on any atom is 0.234 e. The second-order valence-electron chi connectivity index (χ2n) is 6.33. The lowest BCUT2D eigenvalue weighted by Crippen LogP contribution is -2.41. The number of hydrogen-bond donors (Lipinski definition) is 1. The first kappa shape index (κ1) is 18.5. The summed E-state index contributed by atoms with van der Waals surface area (Å²) in [5.74, 6) is 1.04. The second-order valence-corrected chi connectivity index (χ2v) is 8.55. The third kappa shape index (κ3) is 4.85. The number of pyridine rings is 1. The molecule has 140 valence electrons. The number of likely N-dealkylation sites (N-methyl/N-ethyl adjacent to an activating group) is 1. The topological polar surface area (TPSA) is 118 Å². The second kappa shape index (κ2) is 7.92. The highest BCUT2D eigenvalue weighted by Crippen LogP contribution is 2.16. The maximum atomic E-state index is 12.0. The Morgan fingerprint density at radius 3 is 3.00 bits per heavy atom. The molecule has 2 aromatic rings. The molecule has 1 atom stereocenters. The van der Waals surface area contributed by atoms with Gasteiger partial charge in [-0.1, -0.05) is 5.16 Å². The van der Waals surface area contributed by atoms with Gasteiger partial charge in [0.2, 0.25) is 17.6 Å². The van der Waals surface area contributed by atoms with Crippen molar-refractivity contribution in [2.45, 2.75) is 18.9 Å². The van der Waals surface area contributed by atoms with Gasteiger partial charge in [0.15, 0.2) is 9.84 Å². The first-order valence-corrected chi connectivity index (χ1v) is 10.2. The van der Waals surface area contributed by atoms with Gasteiger partial charge in [0, 0.05) is 37.0 Å². The van der Waals surface area contributed by atoms with Gasteiger partial charge in [0.25, 0.3) is 0 Å². The molecule has 3 rings (SSSR count). The van der Waals surface area contributed by atoms with E-state index >= 15 is 0 Å². The van der Waals surface area contributed by atoms with Crippen molar-refractivity contribution in [3.63, 3.8) is 0 Å². The molecule has 0 radical (unpaired) electrons. The number of sulfone groups is 1. The van der Waals surface area contributed by atoms with Crippen LogP contribution in [-0.2, 0) is 21.1 Å². The Hall–Kier alpha value is -2.33. The van der Waals surface area contributed by atoms with E-state index in [2.05, 4.69) is 20.4 Å². The van der Waals surface area contributed by atoms with Crippen molar-refractivity contribution in [3.8, 4) is 11.4 Å². The van der Waals surface area contributed by atoms with Crippen molar-refractivity contribution in [1.29, 1.82) is 0 Å². The molecule has 1 saturated heterocycles. The average molecular weight is 379 g/mol. The molecule has 2 aromatic heterocycles. The molecule has 0 unspecified atom stereocenters. The van der Waals surface area contributed by atoms with E-state index in [1.807, 2.05) is 6.07 Å². The van der Waals surface area contributed by atoms with Crippen LogP contribution in [0.1, 0.15) is 12.3 Å². The molecule has 1 aliphatic rings. The molecule has 10 heteroatoms. The van der Waals surface area contributed by atoms with Gasteiger partial charge >= 0.3 is 0 Å². The van der Waals surface area contributed by atoms with Crippen molar-refractivity contribution in [2.24, 2.45) is 0 Å². The largest absolute Gasteiger partial charge is 0.354 e. The third-order valence-electron chi connectivity index (χ3n) is 4.27. The fraction of sp³-hybridized carbons (Fsp3) is 0.500. The Bertz CT molecular complexity index is 853. The lowest BCUT2D eigenvalue weighted by atomic mass is 10.2. The molecule has 0 aliphatic carbocycles. The van der Waals surface area contributed by atoms with Gasteiger partial charge in [0.05, 0.1) is 18.1 Å². The monoisotopic (exact) mass is 379 g/mol. The highest BCUT2D eigenvalue weighted by molar-refractivity contribution is 7.91. The quantitative estimate of drug-likeness (QED) is 0.709. The van der Waals surface area contributed by atoms with Crippen LogP contribution in [0.2, 0.25) is 0 Å². The first-order chi connectivity index (χ1) is 12.4. The summed E-state index contributed by atoms with van der Waals surface area (Å²) in [7, 11) is -1.19. The molecule has 0 saturated carbocycles. The average Bonchev–Trinajstić information content (AvgIpc) is 3.22. The molecule has 1 fully saturated rings. The maximum absolute atomic E-state index is 12.0. The van der Waals surface area contributed by atoms with Gasteiger partial charge in [-0.2, -0.15) is 4.98 Å². The number of carbonyl (C=O) groups is 1. The number of nitrogens with one attached hydrogen (secondary N) is 1. The Kier molecular flexibility index (Phi) is 5.62. The van der Waals surface area contributed by atoms with Gasteiger partial charge in [-0.25, -0.2) is 8.42 Å². The van der Waals surface area contributed by atoms with E-state index in [-0.39, 0.29) is 30.0 Å². The predicted molar refractivity (Wildman–Crippen MR) is 93.9 cm³/mol. The molecule has 0 spiro atoms. The smallest absolute Gasteiger partial charge is 0.234 e. The Morgan fingerprint density at radius 1 is 1.46 bits per heavy atom. The van der Waals surface area contributed by atoms with Crippen molar-refractivity contribution in [3.05, 3.63) is 30.4 Å². The van der Waals surface area contributed by atoms with E-state index < -0.39 is 9.84 Å². The van der Waals surface area contributed by atoms with Crippen LogP contribution < -0.4 is 5.32 Å². The molecule has 1 N–H and O–H groups in total. The first-order valence-electron chi connectivity index (χ1n) is 8.33. The Labute approximate surface area is 151 Å². The minimum Gasteiger partial charge on any atom is -0.354 e. The zero-order valence-corrected chi connectivity index (χ0v) is 15.3. The number of aromatic nitrogens is 3. The summed E-state index contributed by atoms with van der Waals surface area (Å²) in [5, 5.41) is 6.68. The Morgan fingerprint density at radius 2 is 2.31 bits per heavy atom. The molecule has 3 heterocycles. The minimum atomic E-state index is -2.96. The highest BCUT2D eigenvalue weighted by atomic mass is 32.2. The fourth-order valence-corrected chi connectivity index (χ4v) is 4.62. The van der Waals surface area contributed by atoms with Gasteiger partial charge in [-0.05, 0) is 25.6 Å². The van der Waals surface area contributed by atoms with Crippen LogP contribution in [0.15, 0.2) is 29.0 Å². The molecule has 0 aromatic carbocycles. The van der Waals surface area contributed by atoms with Gasteiger partial charge in [0.1, 0.15) is 0 Å². The van der Waals surface area contributed by atoms with Crippen LogP contribution >= 0.6 is 0 Å². The number of nitrogens with zero attached hydrogens (tertiary/aromatic N) is 4. The van der Waals surface area contributed by atoms with E-state index in [0.717, 1.165) is 5.56 Å². The molecular formula is C16H21N5O4S. The molecule has 0 bridgehead atoms. The van der Waals surface area contributed by atoms with Crippen molar-refractivity contribution in [1.82, 2.24) is 25.3 Å². The van der Waals surface area contributed by atoms with E-state index in [0.29, 0.717) is 31.1 Å². The number of carbonyl (C=O) groups excluding carboxylic acids is 1. The highest BCUT2D eigenvalue weighted by Gasteiger charge is 2.31. The van der Waals surface area contributed by atoms with E-state index in [1.165, 1.54) is 0 Å². The number of rotatable bonds is 7. The number of hydrogen-bond acceptors (Lipinski definition) is 8. The SMILES string of the molecule is CN(CC(=O)NCCc1nc(-c2cccnc2)no1)[C@H]1CCS(=O)(=O)C1. The van der Waals surface area contributed by atoms with Gasteiger partial charge in [-0.3, -0.25) is 14.7 Å². The molecule has 1 aliphatic heterocycles. The lowest BCUT2D eigenvalue weighted by Gasteiger charge is -2.22. The zero-order chi connectivity index (χ0) is 18.6. The van der Waals surface area contributed by atoms with Crippen LogP contribution in [0.4, 0.5) is 0 Å². The zero-order valence-electron chi connectivity index (χ0n) is 14.5. The standard InChI is InChI=1S/C16H21N5O4S/c1-21(13-5-8-26(23,24)11-13)10-14(22)18-7-4-15-19-16(20-25-15)12-3-2-6-17-9-12/h2-3,6,9,13H,4-5,7-8,10-11H2,1H3,(H,18,22)/t13-/m0/s1. The lowest BCUT2D eigenvalue weighted by molar-refractivity contribution is -0.122. The van der Waals surface area contributed by atoms with E-state index in [1.54, 1.807) is 30.4 Å². The summed E-state index contributed by atoms with van der Waals surface area (Å²) in [6.07, 6.45) is 4.30. The van der Waals surface area contributed by atoms with Crippen LogP contribution in [0, 0.1) is 0 Å². The van der Waals surface area contributed by atoms with Crippen LogP contribution in [0.25, 0.3) is 11.4 Å². The van der Waals surface area contributed by atoms with Gasteiger partial charge < -0.3 is 9.84 Å². The third-order valence-corrected chi connectivity index (χ3v) is 6.02. The van der Waals surface area contributed by atoms with E-state index in [9.17, 15) is 13.2 Å². The normalized spacial score (nSPS) is 18.9. The van der Waals surface area contributed by atoms with Gasteiger partial charge in [-0.15, -0.1) is 0 Å². The summed E-state index contributed by atoms with van der Waals surface area (Å²) < 4.78 is 28.2. The summed E-state index contributed by atoms with van der Waals surface area (Å²) in [5.41, 5.74) is 0.764.